The Kier molecular flexibility index (Phi) is 8.27. The number of rotatable bonds is 8. The molecule has 1 atom stereocenters. The average molecular weight is 498 g/mol. The second-order valence-electron chi connectivity index (χ2n) is 7.73. The van der Waals surface area contributed by atoms with E-state index in [1.165, 1.54) is 12.1 Å². The Bertz CT molecular complexity index is 927. The van der Waals surface area contributed by atoms with Crippen molar-refractivity contribution in [1.82, 2.24) is 5.32 Å². The molecule has 31 heavy (non-hydrogen) atoms. The Morgan fingerprint density at radius 1 is 1.16 bits per heavy atom. The van der Waals surface area contributed by atoms with E-state index in [-0.39, 0.29) is 23.2 Å². The zero-order valence-corrected chi connectivity index (χ0v) is 19.3. The number of hydrogen-bond acceptors (Lipinski definition) is 5. The lowest BCUT2D eigenvalue weighted by Gasteiger charge is -2.22. The number of carboxylic acids is 1. The van der Waals surface area contributed by atoms with Gasteiger partial charge in [-0.15, -0.1) is 0 Å². The van der Waals surface area contributed by atoms with Gasteiger partial charge < -0.3 is 24.6 Å². The summed E-state index contributed by atoms with van der Waals surface area (Å²) < 4.78 is 30.3. The lowest BCUT2D eigenvalue weighted by atomic mass is 10.0. The Labute approximate surface area is 188 Å². The van der Waals surface area contributed by atoms with Crippen LogP contribution in [-0.2, 0) is 22.6 Å². The summed E-state index contributed by atoms with van der Waals surface area (Å²) in [6, 6.07) is 8.47. The number of benzene rings is 2. The van der Waals surface area contributed by atoms with Crippen LogP contribution in [0.4, 0.5) is 9.18 Å². The second kappa shape index (κ2) is 10.5. The molecule has 0 fully saturated rings. The molecule has 0 spiro atoms. The van der Waals surface area contributed by atoms with Crippen molar-refractivity contribution < 1.29 is 33.3 Å². The lowest BCUT2D eigenvalue weighted by Crippen LogP contribution is -2.44. The van der Waals surface area contributed by atoms with Gasteiger partial charge in [-0.05, 0) is 66.0 Å². The van der Waals surface area contributed by atoms with E-state index in [1.54, 1.807) is 52.1 Å². The maximum Gasteiger partial charge on any atom is 0.408 e. The number of ether oxygens (including phenoxy) is 3. The van der Waals surface area contributed by atoms with Gasteiger partial charge in [-0.3, -0.25) is 0 Å². The maximum atomic E-state index is 14.1. The van der Waals surface area contributed by atoms with Crippen LogP contribution in [0.25, 0.3) is 0 Å². The number of alkyl carbamates (subject to hydrolysis) is 1. The summed E-state index contributed by atoms with van der Waals surface area (Å²) in [6.45, 7) is 5.13. The van der Waals surface area contributed by atoms with Crippen LogP contribution >= 0.6 is 15.9 Å². The van der Waals surface area contributed by atoms with Crippen LogP contribution in [-0.4, -0.2) is 35.9 Å². The minimum absolute atomic E-state index is 0.0694. The Balaban J connectivity index is 2.21. The van der Waals surface area contributed by atoms with Gasteiger partial charge in [0.1, 0.15) is 35.6 Å². The number of amides is 1. The smallest absolute Gasteiger partial charge is 0.408 e. The zero-order chi connectivity index (χ0) is 23.2. The Hall–Kier alpha value is -2.81. The van der Waals surface area contributed by atoms with E-state index < -0.39 is 29.5 Å². The van der Waals surface area contributed by atoms with Crippen molar-refractivity contribution >= 4 is 28.0 Å². The van der Waals surface area contributed by atoms with Gasteiger partial charge in [0.2, 0.25) is 0 Å². The third kappa shape index (κ3) is 7.43. The quantitative estimate of drug-likeness (QED) is 0.548. The van der Waals surface area contributed by atoms with Crippen molar-refractivity contribution in [3.63, 3.8) is 0 Å². The molecule has 0 bridgehead atoms. The summed E-state index contributed by atoms with van der Waals surface area (Å²) >= 11 is 3.17. The maximum absolute atomic E-state index is 14.1. The monoisotopic (exact) mass is 497 g/mol. The molecule has 0 heterocycles. The molecule has 9 heteroatoms. The van der Waals surface area contributed by atoms with Crippen molar-refractivity contribution in [2.75, 3.05) is 7.11 Å². The molecule has 2 N–H and O–H groups in total. The molecule has 2 rings (SSSR count). The van der Waals surface area contributed by atoms with Gasteiger partial charge in [-0.25, -0.2) is 14.0 Å². The second-order valence-corrected chi connectivity index (χ2v) is 8.52. The van der Waals surface area contributed by atoms with E-state index in [0.29, 0.717) is 11.3 Å². The fourth-order valence-corrected chi connectivity index (χ4v) is 3.14. The summed E-state index contributed by atoms with van der Waals surface area (Å²) in [4.78, 5) is 23.7. The van der Waals surface area contributed by atoms with E-state index in [4.69, 9.17) is 14.2 Å². The third-order valence-electron chi connectivity index (χ3n) is 4.09. The van der Waals surface area contributed by atoms with Gasteiger partial charge in [0.05, 0.1) is 11.6 Å². The van der Waals surface area contributed by atoms with Crippen molar-refractivity contribution in [3.05, 3.63) is 57.8 Å². The molecular weight excluding hydrogens is 473 g/mol. The average Bonchev–Trinajstić information content (AvgIpc) is 2.68. The van der Waals surface area contributed by atoms with Crippen molar-refractivity contribution in [1.29, 1.82) is 0 Å². The number of halogens is 2. The molecule has 1 amide bonds. The molecule has 0 saturated carbocycles. The first-order valence-electron chi connectivity index (χ1n) is 9.45. The van der Waals surface area contributed by atoms with Gasteiger partial charge >= 0.3 is 12.1 Å². The normalized spacial score (nSPS) is 12.1. The highest BCUT2D eigenvalue weighted by Gasteiger charge is 2.26. The fraction of sp³-hybridized carbons (Fsp3) is 0.364. The summed E-state index contributed by atoms with van der Waals surface area (Å²) in [6.07, 6.45) is -0.993. The molecule has 1 unspecified atom stereocenters. The van der Waals surface area contributed by atoms with Crippen molar-refractivity contribution in [2.45, 2.75) is 45.4 Å². The molecule has 7 nitrogen and oxygen atoms in total. The number of carbonyl (C=O) groups excluding carboxylic acids is 1. The highest BCUT2D eigenvalue weighted by molar-refractivity contribution is 9.10. The van der Waals surface area contributed by atoms with Gasteiger partial charge in [0.25, 0.3) is 0 Å². The SMILES string of the molecule is COc1ccc(COc2c(CC(NC(=O)OC(C)(C)C)C(=O)O)ccc(F)c2Br)cc1. The van der Waals surface area contributed by atoms with E-state index >= 15 is 0 Å². The van der Waals surface area contributed by atoms with Crippen LogP contribution in [0.1, 0.15) is 31.9 Å². The highest BCUT2D eigenvalue weighted by Crippen LogP contribution is 2.33. The molecule has 2 aromatic carbocycles. The van der Waals surface area contributed by atoms with Gasteiger partial charge in [0.15, 0.2) is 0 Å². The summed E-state index contributed by atoms with van der Waals surface area (Å²) in [5.41, 5.74) is 0.438. The van der Waals surface area contributed by atoms with E-state index in [1.807, 2.05) is 0 Å². The number of carboxylic acid groups (broad SMARTS) is 1. The number of carbonyl (C=O) groups is 2. The largest absolute Gasteiger partial charge is 0.497 e. The Morgan fingerprint density at radius 2 is 1.81 bits per heavy atom. The molecule has 2 aromatic rings. The summed E-state index contributed by atoms with van der Waals surface area (Å²) in [7, 11) is 1.56. The number of nitrogens with one attached hydrogen (secondary N) is 1. The Morgan fingerprint density at radius 3 is 2.35 bits per heavy atom. The molecule has 0 aromatic heterocycles. The van der Waals surface area contributed by atoms with E-state index in [9.17, 15) is 19.1 Å². The van der Waals surface area contributed by atoms with Crippen LogP contribution in [0.15, 0.2) is 40.9 Å². The van der Waals surface area contributed by atoms with E-state index in [0.717, 1.165) is 5.56 Å². The minimum Gasteiger partial charge on any atom is -0.497 e. The van der Waals surface area contributed by atoms with Gasteiger partial charge in [0, 0.05) is 6.42 Å². The molecule has 0 aliphatic rings. The first-order chi connectivity index (χ1) is 14.5. The topological polar surface area (TPSA) is 94.1 Å². The first-order valence-corrected chi connectivity index (χ1v) is 10.2. The summed E-state index contributed by atoms with van der Waals surface area (Å²) in [5.74, 6) is -0.963. The minimum atomic E-state index is -1.30. The molecule has 0 radical (unpaired) electrons. The predicted molar refractivity (Wildman–Crippen MR) is 116 cm³/mol. The third-order valence-corrected chi connectivity index (χ3v) is 4.83. The number of hydrogen-bond donors (Lipinski definition) is 2. The zero-order valence-electron chi connectivity index (χ0n) is 17.7. The van der Waals surface area contributed by atoms with Gasteiger partial charge in [-0.2, -0.15) is 0 Å². The standard InChI is InChI=1S/C22H25BrFNO6/c1-22(2,3)31-21(28)25-17(20(26)27)11-14-7-10-16(24)18(23)19(14)30-12-13-5-8-15(29-4)9-6-13/h5-10,17H,11-12H2,1-4H3,(H,25,28)(H,26,27). The van der Waals surface area contributed by atoms with Crippen LogP contribution in [0.5, 0.6) is 11.5 Å². The molecule has 168 valence electrons. The molecule has 0 saturated heterocycles. The van der Waals surface area contributed by atoms with Gasteiger partial charge in [-0.1, -0.05) is 18.2 Å². The summed E-state index contributed by atoms with van der Waals surface area (Å²) in [5, 5.41) is 11.9. The van der Waals surface area contributed by atoms with Crippen LogP contribution in [0.3, 0.4) is 0 Å². The van der Waals surface area contributed by atoms with Crippen molar-refractivity contribution in [3.8, 4) is 11.5 Å². The molecule has 0 aliphatic heterocycles. The predicted octanol–water partition coefficient (Wildman–Crippen LogP) is 4.70. The van der Waals surface area contributed by atoms with Crippen molar-refractivity contribution in [2.24, 2.45) is 0 Å². The fourth-order valence-electron chi connectivity index (χ4n) is 2.64. The van der Waals surface area contributed by atoms with Crippen LogP contribution in [0, 0.1) is 5.82 Å². The highest BCUT2D eigenvalue weighted by atomic mass is 79.9. The first kappa shape index (κ1) is 24.5. The van der Waals surface area contributed by atoms with E-state index in [2.05, 4.69) is 21.2 Å². The number of methoxy groups -OCH3 is 1. The molecule has 0 aliphatic carbocycles. The molecular formula is C22H25BrFNO6. The number of aliphatic carboxylic acids is 1. The van der Waals surface area contributed by atoms with Crippen LogP contribution < -0.4 is 14.8 Å². The lowest BCUT2D eigenvalue weighted by molar-refractivity contribution is -0.139. The van der Waals surface area contributed by atoms with Crippen LogP contribution in [0.2, 0.25) is 0 Å².